The minimum Gasteiger partial charge on any atom is -0.0654 e. The van der Waals surface area contributed by atoms with Crippen molar-refractivity contribution in [1.29, 1.82) is 0 Å². The number of hydrogen-bond donors (Lipinski definition) is 0. The van der Waals surface area contributed by atoms with E-state index >= 15 is 0 Å². The van der Waals surface area contributed by atoms with Crippen LogP contribution in [0.15, 0.2) is 36.4 Å². The molecule has 0 heterocycles. The number of aryl methyl sites for hydroxylation is 2. The molecule has 2 aromatic rings. The van der Waals surface area contributed by atoms with Crippen LogP contribution in [0.5, 0.6) is 0 Å². The predicted molar refractivity (Wildman–Crippen MR) is 138 cm³/mol. The Morgan fingerprint density at radius 3 is 1.26 bits per heavy atom. The molecule has 0 nitrogen and oxygen atoms in total. The number of hydrogen-bond acceptors (Lipinski definition) is 0. The van der Waals surface area contributed by atoms with Crippen LogP contribution in [-0.2, 0) is 5.41 Å². The molecule has 0 fully saturated rings. The van der Waals surface area contributed by atoms with Gasteiger partial charge in [-0.15, -0.1) is 0 Å². The highest BCUT2D eigenvalue weighted by Crippen LogP contribution is 2.56. The molecule has 0 aromatic heterocycles. The third kappa shape index (κ3) is 5.10. The lowest BCUT2D eigenvalue weighted by Gasteiger charge is -2.39. The first kappa shape index (κ1) is 24.1. The summed E-state index contributed by atoms with van der Waals surface area (Å²) >= 11 is 0. The van der Waals surface area contributed by atoms with E-state index in [2.05, 4.69) is 77.9 Å². The maximum Gasteiger partial charge on any atom is 0.0220 e. The Bertz CT molecular complexity index is 760. The van der Waals surface area contributed by atoms with E-state index in [-0.39, 0.29) is 5.41 Å². The van der Waals surface area contributed by atoms with Gasteiger partial charge in [0.2, 0.25) is 0 Å². The zero-order valence-electron chi connectivity index (χ0n) is 21.2. The van der Waals surface area contributed by atoms with Gasteiger partial charge in [-0.3, -0.25) is 0 Å². The van der Waals surface area contributed by atoms with Crippen LogP contribution in [-0.4, -0.2) is 0 Å². The maximum atomic E-state index is 2.55. The Balaban J connectivity index is 2.20. The third-order valence-electron chi connectivity index (χ3n) is 7.73. The monoisotopic (exact) mass is 418 g/mol. The summed E-state index contributed by atoms with van der Waals surface area (Å²) in [7, 11) is 0. The number of rotatable bonds is 12. The van der Waals surface area contributed by atoms with Crippen molar-refractivity contribution in [3.8, 4) is 11.1 Å². The van der Waals surface area contributed by atoms with E-state index < -0.39 is 0 Å². The molecule has 0 bridgehead atoms. The second-order valence-electron chi connectivity index (χ2n) is 10.5. The quantitative estimate of drug-likeness (QED) is 0.322. The van der Waals surface area contributed by atoms with Gasteiger partial charge in [0.15, 0.2) is 0 Å². The fraction of sp³-hybridized carbons (Fsp3) is 0.613. The standard InChI is InChI=1S/C31H46/c1-7-11-25(12-8-2)21-31(22-26(13-9-3)14-10-4)29-19-23(5)15-17-27(29)28-18-16-24(6)20-30(28)31/h15-20,25-26H,7-14,21-22H2,1-6H3. The van der Waals surface area contributed by atoms with Crippen molar-refractivity contribution in [3.05, 3.63) is 58.7 Å². The first-order valence-electron chi connectivity index (χ1n) is 13.2. The van der Waals surface area contributed by atoms with Crippen molar-refractivity contribution >= 4 is 0 Å². The number of fused-ring (bicyclic) bond motifs is 3. The molecule has 31 heavy (non-hydrogen) atoms. The molecular weight excluding hydrogens is 372 g/mol. The zero-order valence-corrected chi connectivity index (χ0v) is 21.2. The van der Waals surface area contributed by atoms with E-state index in [1.54, 1.807) is 11.1 Å². The van der Waals surface area contributed by atoms with Gasteiger partial charge >= 0.3 is 0 Å². The Hall–Kier alpha value is -1.56. The van der Waals surface area contributed by atoms with Gasteiger partial charge in [-0.05, 0) is 60.8 Å². The number of benzene rings is 2. The van der Waals surface area contributed by atoms with Gasteiger partial charge in [0, 0.05) is 5.41 Å². The molecule has 1 aliphatic carbocycles. The zero-order chi connectivity index (χ0) is 22.4. The lowest BCUT2D eigenvalue weighted by Crippen LogP contribution is -2.32. The summed E-state index contributed by atoms with van der Waals surface area (Å²) in [5.74, 6) is 1.64. The van der Waals surface area contributed by atoms with Crippen LogP contribution in [0, 0.1) is 25.7 Å². The molecule has 0 N–H and O–H groups in total. The van der Waals surface area contributed by atoms with Crippen molar-refractivity contribution in [3.63, 3.8) is 0 Å². The van der Waals surface area contributed by atoms with E-state index in [9.17, 15) is 0 Å². The molecule has 0 heteroatoms. The van der Waals surface area contributed by atoms with Gasteiger partial charge < -0.3 is 0 Å². The average Bonchev–Trinajstić information content (AvgIpc) is 2.97. The van der Waals surface area contributed by atoms with Crippen molar-refractivity contribution in [1.82, 2.24) is 0 Å². The van der Waals surface area contributed by atoms with Crippen LogP contribution in [0.3, 0.4) is 0 Å². The van der Waals surface area contributed by atoms with E-state index in [1.165, 1.54) is 86.5 Å². The lowest BCUT2D eigenvalue weighted by atomic mass is 9.64. The fourth-order valence-electron chi connectivity index (χ4n) is 6.56. The van der Waals surface area contributed by atoms with Gasteiger partial charge in [-0.25, -0.2) is 0 Å². The summed E-state index contributed by atoms with van der Waals surface area (Å²) in [4.78, 5) is 0. The van der Waals surface area contributed by atoms with Gasteiger partial charge in [-0.2, -0.15) is 0 Å². The molecule has 0 aliphatic heterocycles. The Morgan fingerprint density at radius 1 is 0.581 bits per heavy atom. The highest BCUT2D eigenvalue weighted by Gasteiger charge is 2.45. The molecule has 3 rings (SSSR count). The van der Waals surface area contributed by atoms with Crippen molar-refractivity contribution in [2.75, 3.05) is 0 Å². The summed E-state index contributed by atoms with van der Waals surface area (Å²) in [6, 6.07) is 14.6. The van der Waals surface area contributed by atoms with Crippen molar-refractivity contribution in [2.45, 2.75) is 111 Å². The smallest absolute Gasteiger partial charge is 0.0220 e. The minimum absolute atomic E-state index is 0.187. The largest absolute Gasteiger partial charge is 0.0654 e. The summed E-state index contributed by atoms with van der Waals surface area (Å²) in [5.41, 5.74) is 9.32. The van der Waals surface area contributed by atoms with Crippen LogP contribution < -0.4 is 0 Å². The van der Waals surface area contributed by atoms with Gasteiger partial charge in [0.25, 0.3) is 0 Å². The summed E-state index contributed by atoms with van der Waals surface area (Å²) in [6.07, 6.45) is 13.3. The third-order valence-corrected chi connectivity index (χ3v) is 7.73. The van der Waals surface area contributed by atoms with Crippen molar-refractivity contribution < 1.29 is 0 Å². The first-order chi connectivity index (χ1) is 15.0. The molecule has 0 unspecified atom stereocenters. The normalized spacial score (nSPS) is 14.3. The van der Waals surface area contributed by atoms with E-state index in [0.29, 0.717) is 0 Å². The summed E-state index contributed by atoms with van der Waals surface area (Å²) in [5, 5.41) is 0. The molecule has 2 aromatic carbocycles. The van der Waals surface area contributed by atoms with Crippen LogP contribution in [0.25, 0.3) is 11.1 Å². The Kier molecular flexibility index (Phi) is 8.43. The highest BCUT2D eigenvalue weighted by molar-refractivity contribution is 5.81. The molecule has 0 amide bonds. The van der Waals surface area contributed by atoms with E-state index in [4.69, 9.17) is 0 Å². The summed E-state index contributed by atoms with van der Waals surface area (Å²) in [6.45, 7) is 14.1. The molecule has 0 atom stereocenters. The molecule has 0 saturated heterocycles. The van der Waals surface area contributed by atoms with Crippen molar-refractivity contribution in [2.24, 2.45) is 11.8 Å². The minimum atomic E-state index is 0.187. The van der Waals surface area contributed by atoms with Gasteiger partial charge in [0.05, 0.1) is 0 Å². The maximum absolute atomic E-state index is 2.55. The lowest BCUT2D eigenvalue weighted by molar-refractivity contribution is 0.260. The molecule has 0 saturated carbocycles. The van der Waals surface area contributed by atoms with Crippen LogP contribution in [0.1, 0.15) is 114 Å². The van der Waals surface area contributed by atoms with Gasteiger partial charge in [-0.1, -0.05) is 127 Å². The molecular formula is C31H46. The van der Waals surface area contributed by atoms with E-state index in [1.807, 2.05) is 0 Å². The topological polar surface area (TPSA) is 0 Å². The molecule has 1 aliphatic rings. The van der Waals surface area contributed by atoms with Crippen LogP contribution >= 0.6 is 0 Å². The first-order valence-corrected chi connectivity index (χ1v) is 13.2. The summed E-state index contributed by atoms with van der Waals surface area (Å²) < 4.78 is 0. The Labute approximate surface area is 192 Å². The Morgan fingerprint density at radius 2 is 0.935 bits per heavy atom. The highest BCUT2D eigenvalue weighted by atomic mass is 14.5. The fourth-order valence-corrected chi connectivity index (χ4v) is 6.56. The van der Waals surface area contributed by atoms with Crippen LogP contribution in [0.4, 0.5) is 0 Å². The predicted octanol–water partition coefficient (Wildman–Crippen LogP) is 9.78. The molecule has 0 radical (unpaired) electrons. The second kappa shape index (κ2) is 10.8. The SMILES string of the molecule is CCCC(CCC)CC1(CC(CCC)CCC)c2cc(C)ccc2-c2ccc(C)cc21. The average molecular weight is 419 g/mol. The molecule has 0 spiro atoms. The molecule has 170 valence electrons. The second-order valence-corrected chi connectivity index (χ2v) is 10.5. The van der Waals surface area contributed by atoms with E-state index in [0.717, 1.165) is 11.8 Å². The van der Waals surface area contributed by atoms with Crippen LogP contribution in [0.2, 0.25) is 0 Å². The van der Waals surface area contributed by atoms with Gasteiger partial charge in [0.1, 0.15) is 0 Å².